The van der Waals surface area contributed by atoms with Crippen LogP contribution in [0.2, 0.25) is 5.02 Å². The summed E-state index contributed by atoms with van der Waals surface area (Å²) in [5.41, 5.74) is 5.46. The van der Waals surface area contributed by atoms with Crippen molar-refractivity contribution in [3.8, 4) is 17.2 Å². The smallest absolute Gasteiger partial charge is 0.166 e. The van der Waals surface area contributed by atoms with Gasteiger partial charge in [0.2, 0.25) is 0 Å². The molecule has 0 radical (unpaired) electrons. The maximum Gasteiger partial charge on any atom is 0.166 e. The SMILES string of the molecule is CC.N#Cc1cccc(-c2ccc(C(CSc3nc4cc(Cl)c(F)cc4[nH]3)C3CCNCC3)cc2)c1. The quantitative estimate of drug-likeness (QED) is 0.254. The lowest BCUT2D eigenvalue weighted by molar-refractivity contribution is 0.333. The third-order valence-corrected chi connectivity index (χ3v) is 7.80. The number of fused-ring (bicyclic) bond motifs is 1. The molecule has 1 fully saturated rings. The number of thioether (sulfide) groups is 1. The molecule has 7 heteroatoms. The normalized spacial score (nSPS) is 14.6. The number of nitriles is 1. The second-order valence-corrected chi connectivity index (χ2v) is 10.1. The summed E-state index contributed by atoms with van der Waals surface area (Å²) in [5.74, 6) is 1.39. The molecule has 0 bridgehead atoms. The lowest BCUT2D eigenvalue weighted by Gasteiger charge is -2.31. The van der Waals surface area contributed by atoms with E-state index in [4.69, 9.17) is 11.6 Å². The fourth-order valence-electron chi connectivity index (χ4n) is 4.66. The van der Waals surface area contributed by atoms with Crippen LogP contribution in [-0.4, -0.2) is 28.8 Å². The predicted molar refractivity (Wildman–Crippen MR) is 148 cm³/mol. The van der Waals surface area contributed by atoms with Crippen LogP contribution in [-0.2, 0) is 0 Å². The van der Waals surface area contributed by atoms with E-state index in [2.05, 4.69) is 45.6 Å². The molecule has 4 aromatic rings. The van der Waals surface area contributed by atoms with Crippen LogP contribution in [0.25, 0.3) is 22.2 Å². The van der Waals surface area contributed by atoms with Crippen LogP contribution < -0.4 is 5.32 Å². The molecule has 1 aliphatic rings. The van der Waals surface area contributed by atoms with E-state index in [0.29, 0.717) is 28.4 Å². The number of benzene rings is 3. The summed E-state index contributed by atoms with van der Waals surface area (Å²) >= 11 is 7.59. The number of H-pyrrole nitrogens is 1. The first-order valence-corrected chi connectivity index (χ1v) is 13.8. The van der Waals surface area contributed by atoms with E-state index in [1.165, 1.54) is 11.6 Å². The second kappa shape index (κ2) is 12.4. The summed E-state index contributed by atoms with van der Waals surface area (Å²) < 4.78 is 13.8. The number of nitrogens with zero attached hydrogens (tertiary/aromatic N) is 2. The lowest BCUT2D eigenvalue weighted by atomic mass is 9.81. The van der Waals surface area contributed by atoms with E-state index < -0.39 is 5.82 Å². The van der Waals surface area contributed by atoms with Crippen LogP contribution in [0.15, 0.2) is 65.8 Å². The minimum absolute atomic E-state index is 0.0866. The Hall–Kier alpha value is -2.85. The molecule has 3 aromatic carbocycles. The van der Waals surface area contributed by atoms with E-state index >= 15 is 0 Å². The van der Waals surface area contributed by atoms with Crippen LogP contribution in [0.1, 0.15) is 43.7 Å². The molecular formula is C29H30ClFN4S. The monoisotopic (exact) mass is 520 g/mol. The highest BCUT2D eigenvalue weighted by molar-refractivity contribution is 7.99. The molecule has 1 aromatic heterocycles. The fraction of sp³-hybridized carbons (Fsp3) is 0.310. The summed E-state index contributed by atoms with van der Waals surface area (Å²) in [6, 6.07) is 21.6. The molecule has 1 aliphatic heterocycles. The van der Waals surface area contributed by atoms with Crippen molar-refractivity contribution in [3.05, 3.63) is 82.6 Å². The summed E-state index contributed by atoms with van der Waals surface area (Å²) in [7, 11) is 0. The molecule has 0 saturated carbocycles. The van der Waals surface area contributed by atoms with Gasteiger partial charge in [-0.05, 0) is 72.7 Å². The van der Waals surface area contributed by atoms with Crippen LogP contribution in [0, 0.1) is 23.1 Å². The number of hydrogen-bond donors (Lipinski definition) is 2. The van der Waals surface area contributed by atoms with Crippen molar-refractivity contribution in [2.75, 3.05) is 18.8 Å². The lowest BCUT2D eigenvalue weighted by Crippen LogP contribution is -2.31. The molecule has 0 amide bonds. The molecule has 1 saturated heterocycles. The first-order valence-electron chi connectivity index (χ1n) is 12.4. The standard InChI is InChI=1S/C27H24ClFN4S.C2H6/c28-23-13-25-26(14-24(23)29)33-27(32-25)34-16-22(20-8-10-31-11-9-20)19-6-4-18(5-7-19)21-3-1-2-17(12-21)15-30;1-2/h1-7,12-14,20,22,31H,8-11,16H2,(H,32,33);1-2H3. The molecule has 1 atom stereocenters. The van der Waals surface area contributed by atoms with Gasteiger partial charge in [-0.25, -0.2) is 9.37 Å². The number of nitrogens with one attached hydrogen (secondary N) is 2. The highest BCUT2D eigenvalue weighted by Gasteiger charge is 2.26. The van der Waals surface area contributed by atoms with E-state index in [-0.39, 0.29) is 5.02 Å². The number of imidazole rings is 1. The van der Waals surface area contributed by atoms with Gasteiger partial charge in [-0.3, -0.25) is 0 Å². The van der Waals surface area contributed by atoms with E-state index in [9.17, 15) is 9.65 Å². The average Bonchev–Trinajstić information content (AvgIpc) is 3.32. The number of piperidine rings is 1. The summed E-state index contributed by atoms with van der Waals surface area (Å²) in [6.45, 7) is 6.07. The van der Waals surface area contributed by atoms with Crippen LogP contribution >= 0.6 is 23.4 Å². The molecule has 2 N–H and O–H groups in total. The first kappa shape index (κ1) is 26.2. The van der Waals surface area contributed by atoms with Crippen molar-refractivity contribution in [2.24, 2.45) is 5.92 Å². The summed E-state index contributed by atoms with van der Waals surface area (Å²) in [5, 5.41) is 13.5. The van der Waals surface area contributed by atoms with E-state index in [0.717, 1.165) is 48.0 Å². The van der Waals surface area contributed by atoms with Gasteiger partial charge in [-0.1, -0.05) is 73.6 Å². The number of rotatable bonds is 6. The van der Waals surface area contributed by atoms with Crippen LogP contribution in [0.4, 0.5) is 4.39 Å². The van der Waals surface area contributed by atoms with Gasteiger partial charge < -0.3 is 10.3 Å². The molecule has 4 nitrogen and oxygen atoms in total. The third kappa shape index (κ3) is 6.10. The molecule has 2 heterocycles. The van der Waals surface area contributed by atoms with E-state index in [1.54, 1.807) is 17.8 Å². The third-order valence-electron chi connectivity index (χ3n) is 6.52. The summed E-state index contributed by atoms with van der Waals surface area (Å²) in [4.78, 5) is 7.84. The van der Waals surface area contributed by atoms with Crippen molar-refractivity contribution < 1.29 is 4.39 Å². The minimum Gasteiger partial charge on any atom is -0.333 e. The molecular weight excluding hydrogens is 491 g/mol. The molecule has 36 heavy (non-hydrogen) atoms. The van der Waals surface area contributed by atoms with Crippen molar-refractivity contribution in [1.29, 1.82) is 5.26 Å². The zero-order valence-corrected chi connectivity index (χ0v) is 22.1. The topological polar surface area (TPSA) is 64.5 Å². The molecule has 0 aliphatic carbocycles. The molecule has 1 unspecified atom stereocenters. The van der Waals surface area contributed by atoms with Gasteiger partial charge in [0, 0.05) is 11.8 Å². The first-order chi connectivity index (χ1) is 17.6. The predicted octanol–water partition coefficient (Wildman–Crippen LogP) is 7.80. The van der Waals surface area contributed by atoms with Gasteiger partial charge in [0.05, 0.1) is 27.7 Å². The van der Waals surface area contributed by atoms with Crippen LogP contribution in [0.3, 0.4) is 0 Å². The number of halogens is 2. The van der Waals surface area contributed by atoms with Gasteiger partial charge in [0.25, 0.3) is 0 Å². The average molecular weight is 521 g/mol. The minimum atomic E-state index is -0.442. The van der Waals surface area contributed by atoms with Gasteiger partial charge >= 0.3 is 0 Å². The van der Waals surface area contributed by atoms with Crippen molar-refractivity contribution >= 4 is 34.4 Å². The molecule has 186 valence electrons. The Morgan fingerprint density at radius 3 is 2.56 bits per heavy atom. The number of aromatic amines is 1. The number of aromatic nitrogens is 2. The Kier molecular flexibility index (Phi) is 9.03. The van der Waals surface area contributed by atoms with Crippen molar-refractivity contribution in [2.45, 2.75) is 37.8 Å². The van der Waals surface area contributed by atoms with Gasteiger partial charge in [0.15, 0.2) is 5.16 Å². The summed E-state index contributed by atoms with van der Waals surface area (Å²) in [6.07, 6.45) is 2.27. The Balaban J connectivity index is 0.00000148. The van der Waals surface area contributed by atoms with E-state index in [1.807, 2.05) is 38.1 Å². The highest BCUT2D eigenvalue weighted by atomic mass is 35.5. The number of hydrogen-bond acceptors (Lipinski definition) is 4. The Labute approximate surface area is 221 Å². The van der Waals surface area contributed by atoms with Gasteiger partial charge in [-0.2, -0.15) is 5.26 Å². The Morgan fingerprint density at radius 1 is 1.08 bits per heavy atom. The maximum atomic E-state index is 13.8. The zero-order chi connectivity index (χ0) is 25.5. The van der Waals surface area contributed by atoms with Crippen LogP contribution in [0.5, 0.6) is 0 Å². The Morgan fingerprint density at radius 2 is 1.83 bits per heavy atom. The largest absolute Gasteiger partial charge is 0.333 e. The maximum absolute atomic E-state index is 13.8. The highest BCUT2D eigenvalue weighted by Crippen LogP contribution is 2.37. The molecule has 0 spiro atoms. The van der Waals surface area contributed by atoms with Crippen molar-refractivity contribution in [1.82, 2.24) is 15.3 Å². The van der Waals surface area contributed by atoms with Gasteiger partial charge in [0.1, 0.15) is 5.82 Å². The second-order valence-electron chi connectivity index (χ2n) is 8.64. The van der Waals surface area contributed by atoms with Crippen molar-refractivity contribution in [3.63, 3.8) is 0 Å². The fourth-order valence-corrected chi connectivity index (χ4v) is 5.97. The zero-order valence-electron chi connectivity index (χ0n) is 20.5. The Bertz CT molecular complexity index is 1300. The molecule has 5 rings (SSSR count). The van der Waals surface area contributed by atoms with Gasteiger partial charge in [-0.15, -0.1) is 0 Å².